The molecule has 0 spiro atoms. The van der Waals surface area contributed by atoms with Gasteiger partial charge in [0.2, 0.25) is 5.91 Å². The molecular formula is C24H27NO6S. The van der Waals surface area contributed by atoms with Gasteiger partial charge in [-0.3, -0.25) is 4.79 Å². The molecular weight excluding hydrogens is 430 g/mol. The van der Waals surface area contributed by atoms with Crippen LogP contribution in [0.15, 0.2) is 51.8 Å². The number of hydrogen-bond acceptors (Lipinski definition) is 6. The smallest absolute Gasteiger partial charge is 0.342 e. The third kappa shape index (κ3) is 4.27. The molecule has 0 atom stereocenters. The largest absolute Gasteiger partial charge is 0.462 e. The number of aryl methyl sites for hydroxylation is 1. The summed E-state index contributed by atoms with van der Waals surface area (Å²) in [5.41, 5.74) is 1.54. The van der Waals surface area contributed by atoms with E-state index in [0.29, 0.717) is 16.7 Å². The fourth-order valence-corrected chi connectivity index (χ4v) is 4.93. The maximum atomic E-state index is 13.4. The Balaban J connectivity index is 2.13. The van der Waals surface area contributed by atoms with Gasteiger partial charge in [-0.25, -0.2) is 17.5 Å². The molecule has 3 rings (SSSR count). The van der Waals surface area contributed by atoms with Crippen molar-refractivity contribution in [3.63, 3.8) is 0 Å². The molecule has 0 bridgehead atoms. The fraction of sp³-hybridized carbons (Fsp3) is 0.333. The molecule has 32 heavy (non-hydrogen) atoms. The minimum atomic E-state index is -4.18. The van der Waals surface area contributed by atoms with E-state index in [-0.39, 0.29) is 28.2 Å². The number of anilines is 1. The number of fused-ring (bicyclic) bond motifs is 1. The molecule has 0 N–H and O–H groups in total. The van der Waals surface area contributed by atoms with Crippen molar-refractivity contribution in [2.45, 2.75) is 51.9 Å². The van der Waals surface area contributed by atoms with Crippen molar-refractivity contribution in [1.29, 1.82) is 0 Å². The van der Waals surface area contributed by atoms with E-state index in [2.05, 4.69) is 0 Å². The van der Waals surface area contributed by atoms with Crippen LogP contribution in [0.1, 0.15) is 56.3 Å². The first-order valence-electron chi connectivity index (χ1n) is 10.2. The van der Waals surface area contributed by atoms with Crippen molar-refractivity contribution in [2.75, 3.05) is 10.9 Å². The first kappa shape index (κ1) is 23.5. The number of nitrogens with zero attached hydrogens (tertiary/aromatic N) is 1. The lowest BCUT2D eigenvalue weighted by Gasteiger charge is -2.23. The highest BCUT2D eigenvalue weighted by Crippen LogP contribution is 2.33. The Morgan fingerprint density at radius 2 is 1.69 bits per heavy atom. The second-order valence-corrected chi connectivity index (χ2v) is 10.3. The van der Waals surface area contributed by atoms with Gasteiger partial charge in [-0.1, -0.05) is 32.9 Å². The molecule has 0 saturated heterocycles. The topological polar surface area (TPSA) is 93.9 Å². The lowest BCUT2D eigenvalue weighted by Crippen LogP contribution is -2.35. The number of amides is 1. The van der Waals surface area contributed by atoms with Crippen molar-refractivity contribution in [2.24, 2.45) is 0 Å². The average molecular weight is 458 g/mol. The zero-order valence-electron chi connectivity index (χ0n) is 19.1. The van der Waals surface area contributed by atoms with Crippen LogP contribution in [0, 0.1) is 6.92 Å². The SMILES string of the molecule is CCOC(=O)c1c(C)oc2ccc(N(C(C)=O)S(=O)(=O)c3ccc(C(C)(C)C)cc3)cc12. The van der Waals surface area contributed by atoms with E-state index < -0.39 is 21.9 Å². The third-order valence-electron chi connectivity index (χ3n) is 5.11. The van der Waals surface area contributed by atoms with E-state index >= 15 is 0 Å². The Hall–Kier alpha value is -3.13. The predicted molar refractivity (Wildman–Crippen MR) is 122 cm³/mol. The lowest BCUT2D eigenvalue weighted by molar-refractivity contribution is -0.115. The summed E-state index contributed by atoms with van der Waals surface area (Å²) >= 11 is 0. The highest BCUT2D eigenvalue weighted by Gasteiger charge is 2.30. The number of rotatable bonds is 5. The molecule has 0 radical (unpaired) electrons. The summed E-state index contributed by atoms with van der Waals surface area (Å²) in [6, 6.07) is 10.9. The van der Waals surface area contributed by atoms with Crippen LogP contribution in [0.2, 0.25) is 0 Å². The van der Waals surface area contributed by atoms with Gasteiger partial charge in [-0.05, 0) is 55.2 Å². The van der Waals surface area contributed by atoms with Gasteiger partial charge in [0.05, 0.1) is 17.2 Å². The van der Waals surface area contributed by atoms with Gasteiger partial charge in [0.25, 0.3) is 10.0 Å². The Kier molecular flexibility index (Phi) is 6.20. The number of benzene rings is 2. The Labute approximate surface area is 188 Å². The Bertz CT molecular complexity index is 1280. The summed E-state index contributed by atoms with van der Waals surface area (Å²) in [6.45, 7) is 10.8. The monoisotopic (exact) mass is 457 g/mol. The van der Waals surface area contributed by atoms with Gasteiger partial charge in [-0.15, -0.1) is 0 Å². The molecule has 1 aromatic heterocycles. The fourth-order valence-electron chi connectivity index (χ4n) is 3.51. The zero-order chi connectivity index (χ0) is 23.8. The van der Waals surface area contributed by atoms with Gasteiger partial charge < -0.3 is 9.15 Å². The minimum absolute atomic E-state index is 0.00483. The van der Waals surface area contributed by atoms with Gasteiger partial charge >= 0.3 is 5.97 Å². The van der Waals surface area contributed by atoms with E-state index in [0.717, 1.165) is 9.87 Å². The minimum Gasteiger partial charge on any atom is -0.462 e. The average Bonchev–Trinajstić information content (AvgIpc) is 3.02. The molecule has 7 nitrogen and oxygen atoms in total. The van der Waals surface area contributed by atoms with Crippen molar-refractivity contribution in [1.82, 2.24) is 0 Å². The molecule has 0 fully saturated rings. The molecule has 0 aliphatic rings. The van der Waals surface area contributed by atoms with Gasteiger partial charge in [-0.2, -0.15) is 0 Å². The van der Waals surface area contributed by atoms with Crippen LogP contribution in [-0.4, -0.2) is 26.9 Å². The third-order valence-corrected chi connectivity index (χ3v) is 6.92. The van der Waals surface area contributed by atoms with Crippen LogP contribution in [-0.2, 0) is 25.0 Å². The molecule has 8 heteroatoms. The highest BCUT2D eigenvalue weighted by atomic mass is 32.2. The highest BCUT2D eigenvalue weighted by molar-refractivity contribution is 7.93. The first-order valence-corrected chi connectivity index (χ1v) is 11.7. The molecule has 1 amide bonds. The van der Waals surface area contributed by atoms with Crippen LogP contribution in [0.4, 0.5) is 5.69 Å². The number of hydrogen-bond donors (Lipinski definition) is 0. The number of esters is 1. The Morgan fingerprint density at radius 3 is 2.22 bits per heavy atom. The molecule has 0 aliphatic carbocycles. The standard InChI is InChI=1S/C24H27NO6S/c1-7-30-23(27)22-15(2)31-21-13-10-18(14-20(21)22)25(16(3)26)32(28,29)19-11-8-17(9-12-19)24(4,5)6/h8-14H,7H2,1-6H3. The summed E-state index contributed by atoms with van der Waals surface area (Å²) in [4.78, 5) is 24.9. The lowest BCUT2D eigenvalue weighted by atomic mass is 9.87. The molecule has 2 aromatic carbocycles. The van der Waals surface area contributed by atoms with Crippen molar-refractivity contribution >= 4 is 38.6 Å². The molecule has 0 saturated carbocycles. The van der Waals surface area contributed by atoms with Crippen LogP contribution < -0.4 is 4.31 Å². The predicted octanol–water partition coefficient (Wildman–Crippen LogP) is 4.96. The van der Waals surface area contributed by atoms with Crippen molar-refractivity contribution < 1.29 is 27.2 Å². The van der Waals surface area contributed by atoms with E-state index in [1.807, 2.05) is 20.8 Å². The summed E-state index contributed by atoms with van der Waals surface area (Å²) in [5, 5.41) is 0.378. The van der Waals surface area contributed by atoms with Crippen LogP contribution in [0.25, 0.3) is 11.0 Å². The number of sulfonamides is 1. The van der Waals surface area contributed by atoms with E-state index in [1.54, 1.807) is 26.0 Å². The second kappa shape index (κ2) is 8.43. The second-order valence-electron chi connectivity index (χ2n) is 8.50. The molecule has 0 unspecified atom stereocenters. The molecule has 170 valence electrons. The first-order chi connectivity index (χ1) is 14.9. The number of carbonyl (C=O) groups excluding carboxylic acids is 2. The summed E-state index contributed by atoms with van der Waals surface area (Å²) in [5.74, 6) is -0.899. The van der Waals surface area contributed by atoms with Crippen LogP contribution in [0.3, 0.4) is 0 Å². The summed E-state index contributed by atoms with van der Waals surface area (Å²) in [7, 11) is -4.18. The molecule has 3 aromatic rings. The van der Waals surface area contributed by atoms with Crippen LogP contribution >= 0.6 is 0 Å². The maximum absolute atomic E-state index is 13.4. The zero-order valence-corrected chi connectivity index (χ0v) is 19.9. The molecule has 0 aliphatic heterocycles. The van der Waals surface area contributed by atoms with Crippen LogP contribution in [0.5, 0.6) is 0 Å². The van der Waals surface area contributed by atoms with Crippen molar-refractivity contribution in [3.05, 3.63) is 59.4 Å². The van der Waals surface area contributed by atoms with Gasteiger partial charge in [0.15, 0.2) is 0 Å². The number of ether oxygens (including phenoxy) is 1. The summed E-state index contributed by atoms with van der Waals surface area (Å²) < 4.78 is 38.2. The maximum Gasteiger partial charge on any atom is 0.342 e. The molecule has 1 heterocycles. The van der Waals surface area contributed by atoms with Gasteiger partial charge in [0.1, 0.15) is 16.9 Å². The quantitative estimate of drug-likeness (QED) is 0.503. The van der Waals surface area contributed by atoms with E-state index in [4.69, 9.17) is 9.15 Å². The number of furan rings is 1. The van der Waals surface area contributed by atoms with E-state index in [1.165, 1.54) is 37.3 Å². The summed E-state index contributed by atoms with van der Waals surface area (Å²) in [6.07, 6.45) is 0. The Morgan fingerprint density at radius 1 is 1.06 bits per heavy atom. The van der Waals surface area contributed by atoms with Crippen molar-refractivity contribution in [3.8, 4) is 0 Å². The normalized spacial score (nSPS) is 12.1. The van der Waals surface area contributed by atoms with Gasteiger partial charge in [0, 0.05) is 12.3 Å². The van der Waals surface area contributed by atoms with E-state index in [9.17, 15) is 18.0 Å². The number of carbonyl (C=O) groups is 2.